The maximum atomic E-state index is 4.03. The number of anilines is 2. The number of hydrogen-bond acceptors (Lipinski definition) is 2. The van der Waals surface area contributed by atoms with Crippen molar-refractivity contribution in [3.8, 4) is 0 Å². The maximum Gasteiger partial charge on any atom is 0.0973 e. The molecular formula is C52H44N2S. The molecule has 1 N–H and O–H groups in total. The zero-order chi connectivity index (χ0) is 37.0. The SMILES string of the molecule is CC1/C=C\C=C/CSc2ccc(/C(=C/C3=CC=CCC3)Cc3c4ccccc4cc4c5c([nH]c34)/C=C\CC/C=C/5N(c3c#cccc3)c3ccccc3)cc21. The number of aromatic nitrogens is 1. The molecule has 1 atom stereocenters. The van der Waals surface area contributed by atoms with Crippen LogP contribution in [0.1, 0.15) is 66.5 Å². The Kier molecular flexibility index (Phi) is 10.00. The van der Waals surface area contributed by atoms with Crippen molar-refractivity contribution in [2.45, 2.75) is 49.8 Å². The van der Waals surface area contributed by atoms with Crippen LogP contribution in [0, 0.1) is 12.1 Å². The van der Waals surface area contributed by atoms with E-state index in [1.807, 2.05) is 17.8 Å². The van der Waals surface area contributed by atoms with Gasteiger partial charge in [0.15, 0.2) is 0 Å². The molecule has 0 radical (unpaired) electrons. The Labute approximate surface area is 329 Å². The van der Waals surface area contributed by atoms with Crippen molar-refractivity contribution in [2.24, 2.45) is 0 Å². The smallest absolute Gasteiger partial charge is 0.0973 e. The van der Waals surface area contributed by atoms with Crippen molar-refractivity contribution >= 4 is 62.2 Å². The molecule has 55 heavy (non-hydrogen) atoms. The summed E-state index contributed by atoms with van der Waals surface area (Å²) in [7, 11) is 0. The molecule has 268 valence electrons. The van der Waals surface area contributed by atoms with Crippen LogP contribution in [0.5, 0.6) is 0 Å². The van der Waals surface area contributed by atoms with Crippen LogP contribution in [0.4, 0.5) is 11.4 Å². The molecular weight excluding hydrogens is 685 g/mol. The van der Waals surface area contributed by atoms with E-state index in [-0.39, 0.29) is 0 Å². The number of thioether (sulfide) groups is 1. The fourth-order valence-electron chi connectivity index (χ4n) is 8.21. The van der Waals surface area contributed by atoms with Crippen LogP contribution in [-0.4, -0.2) is 10.7 Å². The summed E-state index contributed by atoms with van der Waals surface area (Å²) >= 11 is 1.93. The van der Waals surface area contributed by atoms with E-state index < -0.39 is 0 Å². The highest BCUT2D eigenvalue weighted by Gasteiger charge is 2.25. The van der Waals surface area contributed by atoms with Crippen molar-refractivity contribution in [1.29, 1.82) is 0 Å². The van der Waals surface area contributed by atoms with Gasteiger partial charge in [-0.1, -0.05) is 128 Å². The summed E-state index contributed by atoms with van der Waals surface area (Å²) in [6, 6.07) is 42.0. The van der Waals surface area contributed by atoms with E-state index in [9.17, 15) is 0 Å². The lowest BCUT2D eigenvalue weighted by Gasteiger charge is -2.28. The lowest BCUT2D eigenvalue weighted by Crippen LogP contribution is -2.16. The predicted octanol–water partition coefficient (Wildman–Crippen LogP) is 14.1. The number of aromatic amines is 1. The lowest BCUT2D eigenvalue weighted by atomic mass is 9.88. The molecule has 3 aliphatic rings. The topological polar surface area (TPSA) is 19.0 Å². The highest BCUT2D eigenvalue weighted by Crippen LogP contribution is 2.43. The Morgan fingerprint density at radius 3 is 2.65 bits per heavy atom. The average Bonchev–Trinajstić information content (AvgIpc) is 3.61. The fourth-order valence-corrected chi connectivity index (χ4v) is 9.17. The molecule has 1 aliphatic heterocycles. The molecule has 2 heterocycles. The number of para-hydroxylation sites is 1. The van der Waals surface area contributed by atoms with Gasteiger partial charge in [-0.2, -0.15) is 0 Å². The van der Waals surface area contributed by atoms with Crippen LogP contribution in [0.15, 0.2) is 168 Å². The van der Waals surface area contributed by atoms with Gasteiger partial charge in [0.05, 0.1) is 16.9 Å². The first-order valence-corrected chi connectivity index (χ1v) is 20.5. The third-order valence-electron chi connectivity index (χ3n) is 10.9. The van der Waals surface area contributed by atoms with Gasteiger partial charge in [-0.3, -0.25) is 0 Å². The minimum atomic E-state index is 0.319. The number of rotatable bonds is 7. The van der Waals surface area contributed by atoms with Crippen LogP contribution in [0.3, 0.4) is 0 Å². The van der Waals surface area contributed by atoms with E-state index in [0.717, 1.165) is 60.6 Å². The molecule has 2 nitrogen and oxygen atoms in total. The predicted molar refractivity (Wildman–Crippen MR) is 237 cm³/mol. The molecule has 0 fully saturated rings. The monoisotopic (exact) mass is 728 g/mol. The van der Waals surface area contributed by atoms with E-state index in [2.05, 4.69) is 187 Å². The number of nitrogens with zero attached hydrogens (tertiary/aromatic N) is 1. The lowest BCUT2D eigenvalue weighted by molar-refractivity contribution is 0.933. The second-order valence-electron chi connectivity index (χ2n) is 14.6. The van der Waals surface area contributed by atoms with Crippen LogP contribution in [-0.2, 0) is 6.42 Å². The molecule has 0 saturated carbocycles. The van der Waals surface area contributed by atoms with Crippen LogP contribution in [0.25, 0.3) is 39.0 Å². The summed E-state index contributed by atoms with van der Waals surface area (Å²) < 4.78 is 0. The number of nitrogens with one attached hydrogen (secondary N) is 1. The summed E-state index contributed by atoms with van der Waals surface area (Å²) in [5, 5.41) is 3.77. The molecule has 5 aromatic carbocycles. The second-order valence-corrected chi connectivity index (χ2v) is 15.6. The van der Waals surface area contributed by atoms with Gasteiger partial charge in [-0.05, 0) is 119 Å². The van der Waals surface area contributed by atoms with Gasteiger partial charge >= 0.3 is 0 Å². The Morgan fingerprint density at radius 1 is 0.873 bits per heavy atom. The largest absolute Gasteiger partial charge is 0.354 e. The number of hydrogen-bond donors (Lipinski definition) is 1. The van der Waals surface area contributed by atoms with Gasteiger partial charge in [-0.15, -0.1) is 11.8 Å². The van der Waals surface area contributed by atoms with Crippen molar-refractivity contribution in [2.75, 3.05) is 10.7 Å². The van der Waals surface area contributed by atoms with Gasteiger partial charge in [0.2, 0.25) is 0 Å². The van der Waals surface area contributed by atoms with E-state index in [1.165, 1.54) is 60.0 Å². The standard InChI is InChI=1S/C52H44N2S/c1-37-19-7-6-18-32-55-50-31-30-39(34-45(37)50)41(33-38-20-8-2-9-21-38)36-46-44-27-17-16-22-40(44)35-47-51-48(53-52(46)47)28-14-5-15-29-49(51)54(42-23-10-3-11-24-42)43-25-12-4-13-26-43/h2-4,6-8,10-12,14,16-20,22-25,27-31,33-35,37,53H,5,9,15,21,32,36H2,1H3/b18-6-,19-7-,28-14-,41-33+,49-29-. The first-order valence-electron chi connectivity index (χ1n) is 19.5. The van der Waals surface area contributed by atoms with E-state index in [0.29, 0.717) is 5.92 Å². The number of H-pyrrole nitrogens is 1. The van der Waals surface area contributed by atoms with Crippen molar-refractivity contribution in [3.63, 3.8) is 0 Å². The van der Waals surface area contributed by atoms with Gasteiger partial charge in [0.1, 0.15) is 0 Å². The first-order chi connectivity index (χ1) is 27.2. The molecule has 0 spiro atoms. The molecule has 0 bridgehead atoms. The molecule has 6 aromatic rings. The molecule has 9 rings (SSSR count). The molecule has 3 heteroatoms. The second kappa shape index (κ2) is 15.8. The van der Waals surface area contributed by atoms with Crippen molar-refractivity contribution in [1.82, 2.24) is 4.98 Å². The van der Waals surface area contributed by atoms with Gasteiger partial charge in [0, 0.05) is 45.3 Å². The van der Waals surface area contributed by atoms with Crippen LogP contribution in [0.2, 0.25) is 0 Å². The summed E-state index contributed by atoms with van der Waals surface area (Å²) in [6.07, 6.45) is 30.1. The minimum absolute atomic E-state index is 0.319. The summed E-state index contributed by atoms with van der Waals surface area (Å²) in [6.45, 7) is 2.32. The normalized spacial score (nSPS) is 19.6. The summed E-state index contributed by atoms with van der Waals surface area (Å²) in [5.74, 6) is 1.30. The van der Waals surface area contributed by atoms with E-state index in [1.54, 1.807) is 0 Å². The third-order valence-corrected chi connectivity index (χ3v) is 12.0. The van der Waals surface area contributed by atoms with E-state index >= 15 is 0 Å². The number of benzene rings is 4. The van der Waals surface area contributed by atoms with Gasteiger partial charge in [0.25, 0.3) is 0 Å². The Bertz CT molecular complexity index is 2540. The average molecular weight is 729 g/mol. The maximum absolute atomic E-state index is 4.03. The Hall–Kier alpha value is -5.95. The Balaban J connectivity index is 1.26. The van der Waals surface area contributed by atoms with Gasteiger partial charge in [-0.25, -0.2) is 0 Å². The molecule has 0 amide bonds. The quantitative estimate of drug-likeness (QED) is 0.176. The number of fused-ring (bicyclic) bond motifs is 5. The molecule has 1 aromatic heterocycles. The van der Waals surface area contributed by atoms with E-state index in [4.69, 9.17) is 0 Å². The third kappa shape index (κ3) is 7.19. The van der Waals surface area contributed by atoms with Crippen molar-refractivity contribution in [3.05, 3.63) is 203 Å². The number of allylic oxidation sites excluding steroid dienone is 11. The van der Waals surface area contributed by atoms with Crippen LogP contribution < -0.4 is 4.90 Å². The van der Waals surface area contributed by atoms with Crippen LogP contribution >= 0.6 is 11.8 Å². The summed E-state index contributed by atoms with van der Waals surface area (Å²) in [4.78, 5) is 7.75. The summed E-state index contributed by atoms with van der Waals surface area (Å²) in [5.41, 5.74) is 13.5. The molecule has 1 unspecified atom stereocenters. The molecule has 2 aliphatic carbocycles. The Morgan fingerprint density at radius 2 is 1.78 bits per heavy atom. The fraction of sp³-hybridized carbons (Fsp3) is 0.154. The minimum Gasteiger partial charge on any atom is -0.354 e. The zero-order valence-electron chi connectivity index (χ0n) is 31.3. The molecule has 0 saturated heterocycles. The van der Waals surface area contributed by atoms with Gasteiger partial charge < -0.3 is 9.88 Å². The highest BCUT2D eigenvalue weighted by atomic mass is 32.2. The van der Waals surface area contributed by atoms with Crippen molar-refractivity contribution < 1.29 is 0 Å². The highest BCUT2D eigenvalue weighted by molar-refractivity contribution is 7.99. The first kappa shape index (κ1) is 34.8. The zero-order valence-corrected chi connectivity index (χ0v) is 32.1.